The topological polar surface area (TPSA) is 49.4 Å². The van der Waals surface area contributed by atoms with Crippen LogP contribution in [0.1, 0.15) is 0 Å². The van der Waals surface area contributed by atoms with Crippen molar-refractivity contribution in [3.8, 4) is 0 Å². The molecule has 0 aromatic rings. The molecule has 7 heavy (non-hydrogen) atoms. The van der Waals surface area contributed by atoms with Gasteiger partial charge in [0.05, 0.1) is 6.21 Å². The van der Waals surface area contributed by atoms with Gasteiger partial charge in [-0.1, -0.05) is 5.10 Å². The van der Waals surface area contributed by atoms with Crippen molar-refractivity contribution in [1.82, 2.24) is 0 Å². The summed E-state index contributed by atoms with van der Waals surface area (Å²) >= 11 is 0. The molecule has 1 heterocycles. The smallest absolute Gasteiger partial charge is 0.0608 e. The minimum Gasteiger partial charge on any atom is -0.137 e. The molecule has 0 N–H and O–H groups in total. The second kappa shape index (κ2) is 2.00. The van der Waals surface area contributed by atoms with Crippen molar-refractivity contribution in [2.75, 3.05) is 0 Å². The van der Waals surface area contributed by atoms with Gasteiger partial charge in [0.15, 0.2) is 0 Å². The highest BCUT2D eigenvalue weighted by Crippen LogP contribution is 1.77. The van der Waals surface area contributed by atoms with E-state index in [0.29, 0.717) is 0 Å². The molecule has 1 rings (SSSR count). The van der Waals surface area contributed by atoms with Crippen LogP contribution in [0.4, 0.5) is 0 Å². The van der Waals surface area contributed by atoms with Gasteiger partial charge in [0.2, 0.25) is 0 Å². The lowest BCUT2D eigenvalue weighted by Crippen LogP contribution is -1.55. The summed E-state index contributed by atoms with van der Waals surface area (Å²) in [6.07, 6.45) is 2.99. The van der Waals surface area contributed by atoms with Gasteiger partial charge in [-0.25, -0.2) is 0 Å². The Morgan fingerprint density at radius 3 is 3.29 bits per heavy atom. The van der Waals surface area contributed by atoms with E-state index in [2.05, 4.69) is 26.5 Å². The van der Waals surface area contributed by atoms with Crippen molar-refractivity contribution in [3.05, 3.63) is 6.08 Å². The molecule has 0 spiro atoms. The molecular weight excluding hydrogens is 92.1 g/mol. The predicted molar refractivity (Wildman–Crippen MR) is 25.4 cm³/mol. The summed E-state index contributed by atoms with van der Waals surface area (Å²) in [7, 11) is 0. The number of hydrogen-bond donors (Lipinski definition) is 0. The van der Waals surface area contributed by atoms with Gasteiger partial charge >= 0.3 is 0 Å². The Bertz CT molecular complexity index is 144. The van der Waals surface area contributed by atoms with Gasteiger partial charge in [-0.3, -0.25) is 0 Å². The summed E-state index contributed by atoms with van der Waals surface area (Å²) in [6.45, 7) is 0. The second-order valence-electron chi connectivity index (χ2n) is 0.839. The van der Waals surface area contributed by atoms with Crippen LogP contribution in [0.2, 0.25) is 0 Å². The molecule has 4 heteroatoms. The number of hydrogen-bond acceptors (Lipinski definition) is 4. The Hall–Kier alpha value is -1.28. The highest BCUT2D eigenvalue weighted by atomic mass is 15.5. The average Bonchev–Trinajstić information content (AvgIpc) is 1.90. The number of allylic oxidation sites excluding steroid dienone is 1. The van der Waals surface area contributed by atoms with Gasteiger partial charge in [0.1, 0.15) is 0 Å². The molecule has 0 unspecified atom stereocenters. The van der Waals surface area contributed by atoms with E-state index >= 15 is 0 Å². The molecule has 0 bridgehead atoms. The van der Waals surface area contributed by atoms with E-state index in [1.807, 2.05) is 0 Å². The van der Waals surface area contributed by atoms with Crippen LogP contribution in [-0.4, -0.2) is 12.1 Å². The minimum atomic E-state index is 1.46. The molecule has 0 aromatic carbocycles. The summed E-state index contributed by atoms with van der Waals surface area (Å²) in [5.41, 5.74) is 0. The van der Waals surface area contributed by atoms with Crippen molar-refractivity contribution >= 4 is 12.1 Å². The Labute approximate surface area is 40.0 Å². The first-order valence-electron chi connectivity index (χ1n) is 1.70. The predicted octanol–water partition coefficient (Wildman–Crippen LogP) is 0.579. The molecule has 0 fully saturated rings. The van der Waals surface area contributed by atoms with Crippen LogP contribution in [0.3, 0.4) is 0 Å². The van der Waals surface area contributed by atoms with E-state index in [-0.39, 0.29) is 0 Å². The van der Waals surface area contributed by atoms with E-state index in [4.69, 9.17) is 0 Å². The fourth-order valence-electron chi connectivity index (χ4n) is 0.199. The Morgan fingerprint density at radius 1 is 1.29 bits per heavy atom. The molecule has 1 aliphatic heterocycles. The lowest BCUT2D eigenvalue weighted by Gasteiger charge is -1.60. The minimum absolute atomic E-state index is 1.46. The third-order valence-electron chi connectivity index (χ3n) is 0.410. The Morgan fingerprint density at radius 2 is 2.29 bits per heavy atom. The highest BCUT2D eigenvalue weighted by molar-refractivity contribution is 5.82. The van der Waals surface area contributed by atoms with Gasteiger partial charge in [-0.05, 0) is 10.4 Å². The maximum atomic E-state index is 3.39. The monoisotopic (exact) mass is 94.0 g/mol. The van der Waals surface area contributed by atoms with Crippen LogP contribution >= 0.6 is 0 Å². The molecule has 0 radical (unpaired) electrons. The van der Waals surface area contributed by atoms with E-state index in [1.165, 1.54) is 12.3 Å². The van der Waals surface area contributed by atoms with Crippen LogP contribution < -0.4 is 0 Å². The van der Waals surface area contributed by atoms with Crippen molar-refractivity contribution in [2.24, 2.45) is 20.6 Å². The van der Waals surface area contributed by atoms with Gasteiger partial charge < -0.3 is 0 Å². The van der Waals surface area contributed by atoms with Crippen molar-refractivity contribution in [3.63, 3.8) is 0 Å². The van der Waals surface area contributed by atoms with Crippen LogP contribution in [0.5, 0.6) is 0 Å². The molecule has 0 amide bonds. The zero-order chi connectivity index (χ0) is 4.95. The normalized spacial score (nSPS) is 14.9. The SMILES string of the molecule is C1=CC=NN=NN=1. The third-order valence-corrected chi connectivity index (χ3v) is 0.410. The summed E-state index contributed by atoms with van der Waals surface area (Å²) in [6, 6.07) is 0. The van der Waals surface area contributed by atoms with Crippen LogP contribution in [0.25, 0.3) is 0 Å². The van der Waals surface area contributed by atoms with E-state index in [0.717, 1.165) is 0 Å². The first-order valence-corrected chi connectivity index (χ1v) is 1.70. The molecule has 34 valence electrons. The lowest BCUT2D eigenvalue weighted by atomic mass is 10.7. The maximum absolute atomic E-state index is 3.39. The van der Waals surface area contributed by atoms with Crippen LogP contribution in [0.15, 0.2) is 26.7 Å². The zero-order valence-electron chi connectivity index (χ0n) is 3.44. The van der Waals surface area contributed by atoms with Crippen molar-refractivity contribution in [2.45, 2.75) is 0 Å². The van der Waals surface area contributed by atoms with E-state index in [1.54, 1.807) is 0 Å². The molecule has 0 saturated heterocycles. The maximum Gasteiger partial charge on any atom is 0.0608 e. The molecule has 0 atom stereocenters. The van der Waals surface area contributed by atoms with Gasteiger partial charge in [0.25, 0.3) is 0 Å². The molecule has 4 nitrogen and oxygen atoms in total. The first-order chi connectivity index (χ1) is 3.50. The van der Waals surface area contributed by atoms with Crippen molar-refractivity contribution < 1.29 is 0 Å². The number of nitrogens with zero attached hydrogens (tertiary/aromatic N) is 4. The standard InChI is InChI=1S/C3H2N4/c1-2-4-6-7-5-3-1/h1-2H. The summed E-state index contributed by atoms with van der Waals surface area (Å²) in [5.74, 6) is 2.44. The van der Waals surface area contributed by atoms with E-state index < -0.39 is 0 Å². The second-order valence-corrected chi connectivity index (χ2v) is 0.839. The average molecular weight is 94.1 g/mol. The van der Waals surface area contributed by atoms with E-state index in [9.17, 15) is 0 Å². The van der Waals surface area contributed by atoms with Gasteiger partial charge in [-0.15, -0.1) is 5.10 Å². The molecule has 0 saturated carbocycles. The number of rotatable bonds is 0. The molecule has 0 aromatic heterocycles. The zero-order valence-corrected chi connectivity index (χ0v) is 3.44. The van der Waals surface area contributed by atoms with Crippen LogP contribution in [-0.2, 0) is 0 Å². The third kappa shape index (κ3) is 1.07. The molecular formula is C3H2N4. The molecule has 0 aliphatic carbocycles. The Kier molecular flexibility index (Phi) is 1.11. The fourth-order valence-corrected chi connectivity index (χ4v) is 0.199. The lowest BCUT2D eigenvalue weighted by molar-refractivity contribution is 0.971. The fraction of sp³-hybridized carbons (Fsp3) is 0. The van der Waals surface area contributed by atoms with Gasteiger partial charge in [0, 0.05) is 11.9 Å². The van der Waals surface area contributed by atoms with Crippen molar-refractivity contribution in [1.29, 1.82) is 0 Å². The van der Waals surface area contributed by atoms with Gasteiger partial charge in [-0.2, -0.15) is 0 Å². The summed E-state index contributed by atoms with van der Waals surface area (Å²) in [5, 5.41) is 13.1. The highest BCUT2D eigenvalue weighted by Gasteiger charge is 1.65. The quantitative estimate of drug-likeness (QED) is 0.421. The first kappa shape index (κ1) is 3.89. The van der Waals surface area contributed by atoms with Crippen LogP contribution in [0, 0.1) is 0 Å². The largest absolute Gasteiger partial charge is 0.137 e. The molecule has 1 aliphatic rings. The Balaban J connectivity index is 2.86. The summed E-state index contributed by atoms with van der Waals surface area (Å²) < 4.78 is 0. The summed E-state index contributed by atoms with van der Waals surface area (Å²) in [4.78, 5) is 0.